The van der Waals surface area contributed by atoms with Gasteiger partial charge in [-0.25, -0.2) is 4.79 Å². The summed E-state index contributed by atoms with van der Waals surface area (Å²) in [4.78, 5) is 24.4. The molecular weight excluding hydrogens is 360 g/mol. The van der Waals surface area contributed by atoms with Crippen LogP contribution in [-0.2, 0) is 4.74 Å². The topological polar surface area (TPSA) is 73.9 Å². The molecule has 0 spiro atoms. The highest BCUT2D eigenvalue weighted by Crippen LogP contribution is 2.30. The van der Waals surface area contributed by atoms with Crippen LogP contribution < -0.4 is 14.8 Å². The van der Waals surface area contributed by atoms with Crippen molar-refractivity contribution in [2.45, 2.75) is 20.5 Å². The van der Waals surface area contributed by atoms with Gasteiger partial charge in [0, 0.05) is 11.3 Å². The SMILES string of the molecule is COC(=O)c1cc(NC(=O)c2ccc(OC)c(OC(F)F)c2)cc(C)c1C. The lowest BCUT2D eigenvalue weighted by atomic mass is 10.0. The highest BCUT2D eigenvalue weighted by molar-refractivity contribution is 6.05. The molecule has 0 aromatic heterocycles. The van der Waals surface area contributed by atoms with Crippen molar-refractivity contribution < 1.29 is 32.6 Å². The molecule has 0 aliphatic carbocycles. The zero-order chi connectivity index (χ0) is 20.1. The van der Waals surface area contributed by atoms with Gasteiger partial charge in [0.2, 0.25) is 0 Å². The Labute approximate surface area is 155 Å². The van der Waals surface area contributed by atoms with Crippen molar-refractivity contribution >= 4 is 17.6 Å². The Morgan fingerprint density at radius 2 is 1.74 bits per heavy atom. The summed E-state index contributed by atoms with van der Waals surface area (Å²) in [6.07, 6.45) is 0. The lowest BCUT2D eigenvalue weighted by Crippen LogP contribution is -2.14. The van der Waals surface area contributed by atoms with Gasteiger partial charge in [0.05, 0.1) is 19.8 Å². The van der Waals surface area contributed by atoms with E-state index in [0.717, 1.165) is 17.2 Å². The molecule has 1 amide bonds. The van der Waals surface area contributed by atoms with Crippen LogP contribution >= 0.6 is 0 Å². The van der Waals surface area contributed by atoms with Gasteiger partial charge in [0.15, 0.2) is 11.5 Å². The number of methoxy groups -OCH3 is 2. The van der Waals surface area contributed by atoms with Crippen LogP contribution in [0, 0.1) is 13.8 Å². The van der Waals surface area contributed by atoms with E-state index >= 15 is 0 Å². The van der Waals surface area contributed by atoms with Crippen LogP contribution in [0.3, 0.4) is 0 Å². The van der Waals surface area contributed by atoms with Crippen molar-refractivity contribution in [2.24, 2.45) is 0 Å². The first-order valence-electron chi connectivity index (χ1n) is 7.90. The van der Waals surface area contributed by atoms with Crippen molar-refractivity contribution in [3.05, 3.63) is 52.6 Å². The maximum absolute atomic E-state index is 12.5. The van der Waals surface area contributed by atoms with Crippen LogP contribution in [0.25, 0.3) is 0 Å². The second kappa shape index (κ2) is 8.48. The average molecular weight is 379 g/mol. The maximum atomic E-state index is 12.5. The molecule has 6 nitrogen and oxygen atoms in total. The zero-order valence-electron chi connectivity index (χ0n) is 15.3. The van der Waals surface area contributed by atoms with Crippen LogP contribution in [0.15, 0.2) is 30.3 Å². The van der Waals surface area contributed by atoms with Crippen LogP contribution in [0.4, 0.5) is 14.5 Å². The first-order chi connectivity index (χ1) is 12.8. The smallest absolute Gasteiger partial charge is 0.387 e. The largest absolute Gasteiger partial charge is 0.493 e. The Hall–Kier alpha value is -3.16. The summed E-state index contributed by atoms with van der Waals surface area (Å²) < 4.78 is 39.1. The maximum Gasteiger partial charge on any atom is 0.387 e. The van der Waals surface area contributed by atoms with Crippen LogP contribution in [0.1, 0.15) is 31.8 Å². The van der Waals surface area contributed by atoms with E-state index < -0.39 is 18.5 Å². The molecule has 27 heavy (non-hydrogen) atoms. The molecule has 0 heterocycles. The number of nitrogens with one attached hydrogen (secondary N) is 1. The van der Waals surface area contributed by atoms with E-state index in [1.165, 1.54) is 32.4 Å². The molecule has 0 atom stereocenters. The van der Waals surface area contributed by atoms with E-state index in [0.29, 0.717) is 11.3 Å². The standard InChI is InChI=1S/C19H19F2NO5/c1-10-7-13(9-14(11(10)2)18(24)26-4)22-17(23)12-5-6-15(25-3)16(8-12)27-19(20)21/h5-9,19H,1-4H3,(H,22,23). The Bertz CT molecular complexity index is 867. The number of rotatable bonds is 6. The third-order valence-corrected chi connectivity index (χ3v) is 3.97. The van der Waals surface area contributed by atoms with Crippen molar-refractivity contribution in [1.82, 2.24) is 0 Å². The number of anilines is 1. The van der Waals surface area contributed by atoms with Gasteiger partial charge in [-0.05, 0) is 55.3 Å². The Morgan fingerprint density at radius 1 is 1.04 bits per heavy atom. The Morgan fingerprint density at radius 3 is 2.33 bits per heavy atom. The van der Waals surface area contributed by atoms with Gasteiger partial charge in [-0.2, -0.15) is 8.78 Å². The molecule has 0 bridgehead atoms. The molecule has 2 aromatic rings. The van der Waals surface area contributed by atoms with E-state index in [4.69, 9.17) is 9.47 Å². The summed E-state index contributed by atoms with van der Waals surface area (Å²) in [7, 11) is 2.57. The van der Waals surface area contributed by atoms with Crippen molar-refractivity contribution in [3.8, 4) is 11.5 Å². The lowest BCUT2D eigenvalue weighted by Gasteiger charge is -2.13. The van der Waals surface area contributed by atoms with Gasteiger partial charge in [-0.1, -0.05) is 0 Å². The summed E-state index contributed by atoms with van der Waals surface area (Å²) in [6, 6.07) is 7.11. The molecule has 0 aliphatic rings. The predicted molar refractivity (Wildman–Crippen MR) is 94.8 cm³/mol. The molecule has 144 valence electrons. The summed E-state index contributed by atoms with van der Waals surface area (Å²) in [5.74, 6) is -1.26. The van der Waals surface area contributed by atoms with Crippen molar-refractivity contribution in [3.63, 3.8) is 0 Å². The molecule has 8 heteroatoms. The second-order valence-corrected chi connectivity index (χ2v) is 5.66. The number of benzene rings is 2. The minimum Gasteiger partial charge on any atom is -0.493 e. The molecular formula is C19H19F2NO5. The molecule has 0 radical (unpaired) electrons. The summed E-state index contributed by atoms with van der Waals surface area (Å²) in [5, 5.41) is 2.63. The fraction of sp³-hybridized carbons (Fsp3) is 0.263. The highest BCUT2D eigenvalue weighted by atomic mass is 19.3. The fourth-order valence-corrected chi connectivity index (χ4v) is 2.46. The van der Waals surface area contributed by atoms with Crippen molar-refractivity contribution in [1.29, 1.82) is 0 Å². The molecule has 0 saturated carbocycles. The molecule has 2 aromatic carbocycles. The molecule has 2 rings (SSSR count). The normalized spacial score (nSPS) is 10.5. The monoisotopic (exact) mass is 379 g/mol. The third-order valence-electron chi connectivity index (χ3n) is 3.97. The van der Waals surface area contributed by atoms with Gasteiger partial charge in [0.1, 0.15) is 0 Å². The van der Waals surface area contributed by atoms with E-state index in [9.17, 15) is 18.4 Å². The van der Waals surface area contributed by atoms with E-state index in [2.05, 4.69) is 10.1 Å². The molecule has 0 unspecified atom stereocenters. The van der Waals surface area contributed by atoms with Crippen LogP contribution in [0.5, 0.6) is 11.5 Å². The van der Waals surface area contributed by atoms with Crippen LogP contribution in [0.2, 0.25) is 0 Å². The van der Waals surface area contributed by atoms with Gasteiger partial charge < -0.3 is 19.5 Å². The summed E-state index contributed by atoms with van der Waals surface area (Å²) in [5.41, 5.74) is 2.30. The number of hydrogen-bond acceptors (Lipinski definition) is 5. The number of hydrogen-bond donors (Lipinski definition) is 1. The molecule has 1 N–H and O–H groups in total. The van der Waals surface area contributed by atoms with Crippen molar-refractivity contribution in [2.75, 3.05) is 19.5 Å². The quantitative estimate of drug-likeness (QED) is 0.770. The van der Waals surface area contributed by atoms with E-state index in [-0.39, 0.29) is 17.1 Å². The number of amides is 1. The predicted octanol–water partition coefficient (Wildman–Crippen LogP) is 3.95. The van der Waals surface area contributed by atoms with Gasteiger partial charge >= 0.3 is 12.6 Å². The molecule has 0 fully saturated rings. The number of aryl methyl sites for hydroxylation is 1. The van der Waals surface area contributed by atoms with Crippen LogP contribution in [-0.4, -0.2) is 32.7 Å². The third kappa shape index (κ3) is 4.72. The Balaban J connectivity index is 2.32. The lowest BCUT2D eigenvalue weighted by molar-refractivity contribution is -0.0512. The number of carbonyl (C=O) groups is 2. The minimum atomic E-state index is -3.06. The summed E-state index contributed by atoms with van der Waals surface area (Å²) in [6.45, 7) is 0.504. The first-order valence-corrected chi connectivity index (χ1v) is 7.90. The first kappa shape index (κ1) is 20.2. The summed E-state index contributed by atoms with van der Waals surface area (Å²) >= 11 is 0. The second-order valence-electron chi connectivity index (χ2n) is 5.66. The van der Waals surface area contributed by atoms with E-state index in [1.54, 1.807) is 19.9 Å². The molecule has 0 saturated heterocycles. The minimum absolute atomic E-state index is 0.0750. The number of esters is 1. The van der Waals surface area contributed by atoms with Gasteiger partial charge in [-0.15, -0.1) is 0 Å². The van der Waals surface area contributed by atoms with E-state index in [1.807, 2.05) is 0 Å². The average Bonchev–Trinajstić information content (AvgIpc) is 2.63. The highest BCUT2D eigenvalue weighted by Gasteiger charge is 2.17. The fourth-order valence-electron chi connectivity index (χ4n) is 2.46. The zero-order valence-corrected chi connectivity index (χ0v) is 15.3. The number of halogens is 2. The Kier molecular flexibility index (Phi) is 6.33. The molecule has 0 aliphatic heterocycles. The number of alkyl halides is 2. The van der Waals surface area contributed by atoms with Gasteiger partial charge in [-0.3, -0.25) is 4.79 Å². The number of carbonyl (C=O) groups excluding carboxylic acids is 2. The van der Waals surface area contributed by atoms with Gasteiger partial charge in [0.25, 0.3) is 5.91 Å². The number of ether oxygens (including phenoxy) is 3.